The molecule has 0 amide bonds. The van der Waals surface area contributed by atoms with Crippen molar-refractivity contribution in [2.75, 3.05) is 18.5 Å². The normalized spacial score (nSPS) is 22.7. The minimum Gasteiger partial charge on any atom is -0.378 e. The first-order chi connectivity index (χ1) is 9.09. The second-order valence-corrected chi connectivity index (χ2v) is 5.14. The maximum Gasteiger partial charge on any atom is 0.311 e. The van der Waals surface area contributed by atoms with E-state index in [1.54, 1.807) is 12.3 Å². The van der Waals surface area contributed by atoms with Gasteiger partial charge in [-0.05, 0) is 18.4 Å². The van der Waals surface area contributed by atoms with Crippen molar-refractivity contribution < 1.29 is 9.66 Å². The molecular weight excluding hydrogens is 246 g/mol. The Morgan fingerprint density at radius 2 is 2.42 bits per heavy atom. The van der Waals surface area contributed by atoms with E-state index >= 15 is 0 Å². The molecule has 0 aromatic carbocycles. The van der Waals surface area contributed by atoms with Crippen molar-refractivity contribution >= 4 is 11.5 Å². The first kappa shape index (κ1) is 13.7. The van der Waals surface area contributed by atoms with Crippen LogP contribution in [0.4, 0.5) is 11.5 Å². The maximum atomic E-state index is 10.9. The molecule has 1 fully saturated rings. The predicted octanol–water partition coefficient (Wildman–Crippen LogP) is 2.46. The lowest BCUT2D eigenvalue weighted by Crippen LogP contribution is -2.28. The van der Waals surface area contributed by atoms with E-state index in [0.717, 1.165) is 13.0 Å². The molecule has 0 aliphatic carbocycles. The first-order valence-corrected chi connectivity index (χ1v) is 6.54. The molecule has 1 aromatic heterocycles. The molecule has 0 saturated carbocycles. The zero-order valence-electron chi connectivity index (χ0n) is 11.2. The van der Waals surface area contributed by atoms with Gasteiger partial charge in [0, 0.05) is 31.3 Å². The summed E-state index contributed by atoms with van der Waals surface area (Å²) in [5.41, 5.74) is 0.0162. The van der Waals surface area contributed by atoms with Gasteiger partial charge >= 0.3 is 5.69 Å². The van der Waals surface area contributed by atoms with Crippen molar-refractivity contribution in [2.45, 2.75) is 26.4 Å². The van der Waals surface area contributed by atoms with Crippen molar-refractivity contribution in [1.82, 2.24) is 4.98 Å². The largest absolute Gasteiger partial charge is 0.378 e. The van der Waals surface area contributed by atoms with Gasteiger partial charge in [-0.25, -0.2) is 4.98 Å². The molecule has 1 N–H and O–H groups in total. The third kappa shape index (κ3) is 3.20. The number of anilines is 1. The van der Waals surface area contributed by atoms with Crippen molar-refractivity contribution in [1.29, 1.82) is 0 Å². The Morgan fingerprint density at radius 3 is 3.11 bits per heavy atom. The number of nitro groups is 1. The van der Waals surface area contributed by atoms with Crippen molar-refractivity contribution in [2.24, 2.45) is 11.8 Å². The summed E-state index contributed by atoms with van der Waals surface area (Å²) in [5, 5.41) is 14.0. The van der Waals surface area contributed by atoms with Crippen LogP contribution in [0, 0.1) is 22.0 Å². The van der Waals surface area contributed by atoms with Crippen LogP contribution in [0.5, 0.6) is 0 Å². The minimum atomic E-state index is -0.416. The highest BCUT2D eigenvalue weighted by Gasteiger charge is 2.30. The number of nitrogens with one attached hydrogen (secondary N) is 1. The van der Waals surface area contributed by atoms with Gasteiger partial charge in [0.15, 0.2) is 0 Å². The molecule has 104 valence electrons. The zero-order chi connectivity index (χ0) is 13.8. The van der Waals surface area contributed by atoms with Crippen LogP contribution in [-0.4, -0.2) is 29.2 Å². The van der Waals surface area contributed by atoms with Crippen LogP contribution in [-0.2, 0) is 4.74 Å². The maximum absolute atomic E-state index is 10.9. The third-order valence-corrected chi connectivity index (χ3v) is 3.44. The summed E-state index contributed by atoms with van der Waals surface area (Å²) < 4.78 is 5.70. The fourth-order valence-corrected chi connectivity index (χ4v) is 2.52. The molecule has 0 bridgehead atoms. The summed E-state index contributed by atoms with van der Waals surface area (Å²) in [7, 11) is 0. The van der Waals surface area contributed by atoms with Crippen LogP contribution in [0.25, 0.3) is 0 Å². The van der Waals surface area contributed by atoms with E-state index in [1.807, 2.05) is 0 Å². The topological polar surface area (TPSA) is 77.3 Å². The summed E-state index contributed by atoms with van der Waals surface area (Å²) >= 11 is 0. The highest BCUT2D eigenvalue weighted by atomic mass is 16.6. The third-order valence-electron chi connectivity index (χ3n) is 3.44. The van der Waals surface area contributed by atoms with Crippen LogP contribution >= 0.6 is 0 Å². The van der Waals surface area contributed by atoms with Crippen molar-refractivity contribution in [3.8, 4) is 0 Å². The number of hydrogen-bond acceptors (Lipinski definition) is 5. The van der Waals surface area contributed by atoms with E-state index in [-0.39, 0.29) is 11.8 Å². The van der Waals surface area contributed by atoms with Gasteiger partial charge in [-0.2, -0.15) is 0 Å². The van der Waals surface area contributed by atoms with Gasteiger partial charge < -0.3 is 10.1 Å². The van der Waals surface area contributed by atoms with Gasteiger partial charge in [0.2, 0.25) is 5.82 Å². The summed E-state index contributed by atoms with van der Waals surface area (Å²) in [6.45, 7) is 5.68. The molecule has 0 spiro atoms. The van der Waals surface area contributed by atoms with Crippen LogP contribution in [0.3, 0.4) is 0 Å². The van der Waals surface area contributed by atoms with E-state index in [0.29, 0.717) is 24.2 Å². The number of hydrogen-bond donors (Lipinski definition) is 1. The lowest BCUT2D eigenvalue weighted by molar-refractivity contribution is -0.384. The Morgan fingerprint density at radius 1 is 1.63 bits per heavy atom. The molecule has 0 radical (unpaired) electrons. The standard InChI is InChI=1S/C13H19N3O3/c1-9(2)12-10(5-7-19-12)8-15-13-11(16(17)18)4-3-6-14-13/h3-4,6,9-10,12H,5,7-8H2,1-2H3,(H,14,15)/t10-,12-/m1/s1. The quantitative estimate of drug-likeness (QED) is 0.653. The summed E-state index contributed by atoms with van der Waals surface area (Å²) in [6.07, 6.45) is 2.76. The lowest BCUT2D eigenvalue weighted by Gasteiger charge is -2.22. The zero-order valence-corrected chi connectivity index (χ0v) is 11.2. The number of ether oxygens (including phenoxy) is 1. The Kier molecular flexibility index (Phi) is 4.31. The molecule has 2 atom stereocenters. The SMILES string of the molecule is CC(C)[C@H]1OCC[C@@H]1CNc1ncccc1[N+](=O)[O-]. The summed E-state index contributed by atoms with van der Waals surface area (Å²) in [4.78, 5) is 14.5. The molecular formula is C13H19N3O3. The van der Waals surface area contributed by atoms with E-state index in [1.165, 1.54) is 6.07 Å². The highest BCUT2D eigenvalue weighted by Crippen LogP contribution is 2.28. The second-order valence-electron chi connectivity index (χ2n) is 5.14. The monoisotopic (exact) mass is 265 g/mol. The van der Waals surface area contributed by atoms with E-state index < -0.39 is 4.92 Å². The van der Waals surface area contributed by atoms with E-state index in [9.17, 15) is 10.1 Å². The lowest BCUT2D eigenvalue weighted by atomic mass is 9.93. The number of pyridine rings is 1. The predicted molar refractivity (Wildman–Crippen MR) is 72.1 cm³/mol. The van der Waals surface area contributed by atoms with Crippen LogP contribution < -0.4 is 5.32 Å². The van der Waals surface area contributed by atoms with Gasteiger partial charge in [-0.3, -0.25) is 10.1 Å². The Balaban J connectivity index is 2.01. The van der Waals surface area contributed by atoms with Crippen LogP contribution in [0.1, 0.15) is 20.3 Å². The van der Waals surface area contributed by atoms with E-state index in [2.05, 4.69) is 24.1 Å². The first-order valence-electron chi connectivity index (χ1n) is 6.54. The smallest absolute Gasteiger partial charge is 0.311 e. The summed E-state index contributed by atoms with van der Waals surface area (Å²) in [6, 6.07) is 3.03. The van der Waals surface area contributed by atoms with Crippen molar-refractivity contribution in [3.05, 3.63) is 28.4 Å². The minimum absolute atomic E-state index is 0.0162. The molecule has 0 unspecified atom stereocenters. The van der Waals surface area contributed by atoms with Gasteiger partial charge in [-0.15, -0.1) is 0 Å². The molecule has 19 heavy (non-hydrogen) atoms. The van der Waals surface area contributed by atoms with Gasteiger partial charge in [0.05, 0.1) is 11.0 Å². The molecule has 6 nitrogen and oxygen atoms in total. The molecule has 1 aliphatic heterocycles. The number of rotatable bonds is 5. The Hall–Kier alpha value is -1.69. The average Bonchev–Trinajstić information content (AvgIpc) is 2.85. The number of aromatic nitrogens is 1. The van der Waals surface area contributed by atoms with Gasteiger partial charge in [0.1, 0.15) is 0 Å². The molecule has 6 heteroatoms. The second kappa shape index (κ2) is 5.97. The van der Waals surface area contributed by atoms with Gasteiger partial charge in [0.25, 0.3) is 0 Å². The van der Waals surface area contributed by atoms with Crippen LogP contribution in [0.15, 0.2) is 18.3 Å². The molecule has 1 aliphatic rings. The average molecular weight is 265 g/mol. The fourth-order valence-electron chi connectivity index (χ4n) is 2.52. The Bertz CT molecular complexity index is 451. The fraction of sp³-hybridized carbons (Fsp3) is 0.615. The highest BCUT2D eigenvalue weighted by molar-refractivity contribution is 5.55. The summed E-state index contributed by atoms with van der Waals surface area (Å²) in [5.74, 6) is 1.16. The number of nitrogens with zero attached hydrogens (tertiary/aromatic N) is 2. The molecule has 1 saturated heterocycles. The van der Waals surface area contributed by atoms with Crippen LogP contribution in [0.2, 0.25) is 0 Å². The van der Waals surface area contributed by atoms with E-state index in [4.69, 9.17) is 4.74 Å². The van der Waals surface area contributed by atoms with Gasteiger partial charge in [-0.1, -0.05) is 13.8 Å². The molecule has 2 heterocycles. The van der Waals surface area contributed by atoms with Crippen molar-refractivity contribution in [3.63, 3.8) is 0 Å². The molecule has 1 aromatic rings. The molecule has 2 rings (SSSR count). The Labute approximate surface area is 112 Å².